The number of aryl methyl sites for hydroxylation is 1. The third-order valence-corrected chi connectivity index (χ3v) is 3.69. The largest absolute Gasteiger partial charge is 0.325 e. The van der Waals surface area contributed by atoms with Gasteiger partial charge in [0.1, 0.15) is 0 Å². The molecule has 0 saturated carbocycles. The molecule has 1 amide bonds. The first-order valence-electron chi connectivity index (χ1n) is 6.87. The maximum absolute atomic E-state index is 12.1. The van der Waals surface area contributed by atoms with Crippen molar-refractivity contribution in [3.05, 3.63) is 65.2 Å². The zero-order valence-corrected chi connectivity index (χ0v) is 11.6. The second-order valence-electron chi connectivity index (χ2n) is 5.28. The van der Waals surface area contributed by atoms with Crippen molar-refractivity contribution in [2.24, 2.45) is 0 Å². The fourth-order valence-electron chi connectivity index (χ4n) is 2.62. The zero-order chi connectivity index (χ0) is 13.9. The number of hydrogen-bond acceptors (Lipinski definition) is 2. The van der Waals surface area contributed by atoms with Crippen LogP contribution in [0.25, 0.3) is 0 Å². The first kappa shape index (κ1) is 12.9. The molecule has 0 atom stereocenters. The predicted molar refractivity (Wildman–Crippen MR) is 80.4 cm³/mol. The number of carbonyl (C=O) groups excluding carboxylic acids is 1. The average molecular weight is 266 g/mol. The van der Waals surface area contributed by atoms with Gasteiger partial charge in [0, 0.05) is 18.8 Å². The number of para-hydroxylation sites is 1. The number of nitrogens with zero attached hydrogens (tertiary/aromatic N) is 1. The molecule has 0 bridgehead atoms. The van der Waals surface area contributed by atoms with E-state index in [1.165, 1.54) is 11.1 Å². The van der Waals surface area contributed by atoms with E-state index < -0.39 is 0 Å². The van der Waals surface area contributed by atoms with Gasteiger partial charge in [-0.3, -0.25) is 9.69 Å². The Bertz CT molecular complexity index is 611. The predicted octanol–water partition coefficient (Wildman–Crippen LogP) is 2.95. The number of benzene rings is 2. The van der Waals surface area contributed by atoms with Crippen molar-refractivity contribution < 1.29 is 4.79 Å². The van der Waals surface area contributed by atoms with Crippen LogP contribution in [0, 0.1) is 6.92 Å². The minimum Gasteiger partial charge on any atom is -0.325 e. The molecule has 0 aromatic heterocycles. The third kappa shape index (κ3) is 2.73. The topological polar surface area (TPSA) is 32.3 Å². The van der Waals surface area contributed by atoms with E-state index in [-0.39, 0.29) is 5.91 Å². The molecule has 0 saturated heterocycles. The number of fused-ring (bicyclic) bond motifs is 1. The first-order chi connectivity index (χ1) is 9.72. The SMILES string of the molecule is Cc1ccccc1NC(=O)CN1Cc2ccccc2C1. The molecule has 20 heavy (non-hydrogen) atoms. The molecule has 3 nitrogen and oxygen atoms in total. The van der Waals surface area contributed by atoms with Crippen molar-refractivity contribution in [1.29, 1.82) is 0 Å². The lowest BCUT2D eigenvalue weighted by molar-refractivity contribution is -0.117. The molecule has 0 aliphatic carbocycles. The molecule has 2 aromatic rings. The van der Waals surface area contributed by atoms with Crippen molar-refractivity contribution in [3.63, 3.8) is 0 Å². The van der Waals surface area contributed by atoms with Crippen molar-refractivity contribution in [1.82, 2.24) is 4.90 Å². The quantitative estimate of drug-likeness (QED) is 0.926. The van der Waals surface area contributed by atoms with E-state index in [4.69, 9.17) is 0 Å². The number of amides is 1. The highest BCUT2D eigenvalue weighted by atomic mass is 16.2. The van der Waals surface area contributed by atoms with Gasteiger partial charge in [0.05, 0.1) is 6.54 Å². The lowest BCUT2D eigenvalue weighted by Crippen LogP contribution is -2.29. The molecule has 3 rings (SSSR count). The van der Waals surface area contributed by atoms with E-state index in [2.05, 4.69) is 34.5 Å². The molecule has 1 aliphatic rings. The Balaban J connectivity index is 1.60. The number of rotatable bonds is 3. The Kier molecular flexibility index (Phi) is 3.52. The van der Waals surface area contributed by atoms with Gasteiger partial charge in [-0.25, -0.2) is 0 Å². The summed E-state index contributed by atoms with van der Waals surface area (Å²) < 4.78 is 0. The summed E-state index contributed by atoms with van der Waals surface area (Å²) in [5.74, 6) is 0.0482. The molecule has 0 spiro atoms. The summed E-state index contributed by atoms with van der Waals surface area (Å²) in [6.45, 7) is 4.15. The maximum atomic E-state index is 12.1. The number of anilines is 1. The Morgan fingerprint density at radius 2 is 1.65 bits per heavy atom. The molecule has 0 fully saturated rings. The number of nitrogens with one attached hydrogen (secondary N) is 1. The van der Waals surface area contributed by atoms with Gasteiger partial charge in [-0.1, -0.05) is 42.5 Å². The van der Waals surface area contributed by atoms with Crippen LogP contribution in [0.5, 0.6) is 0 Å². The Morgan fingerprint density at radius 1 is 1.05 bits per heavy atom. The van der Waals surface area contributed by atoms with Crippen LogP contribution in [-0.4, -0.2) is 17.4 Å². The van der Waals surface area contributed by atoms with Crippen LogP contribution >= 0.6 is 0 Å². The van der Waals surface area contributed by atoms with Crippen molar-refractivity contribution in [2.45, 2.75) is 20.0 Å². The van der Waals surface area contributed by atoms with Crippen molar-refractivity contribution >= 4 is 11.6 Å². The summed E-state index contributed by atoms with van der Waals surface area (Å²) in [5.41, 5.74) is 4.65. The lowest BCUT2D eigenvalue weighted by atomic mass is 10.1. The summed E-state index contributed by atoms with van der Waals surface area (Å²) in [5, 5.41) is 2.98. The van der Waals surface area contributed by atoms with E-state index in [1.807, 2.05) is 31.2 Å². The fourth-order valence-corrected chi connectivity index (χ4v) is 2.62. The minimum absolute atomic E-state index is 0.0482. The number of hydrogen-bond donors (Lipinski definition) is 1. The van der Waals surface area contributed by atoms with Gasteiger partial charge in [-0.2, -0.15) is 0 Å². The summed E-state index contributed by atoms with van der Waals surface area (Å²) in [7, 11) is 0. The Labute approximate surface area is 119 Å². The van der Waals surface area contributed by atoms with Gasteiger partial charge in [0.25, 0.3) is 0 Å². The monoisotopic (exact) mass is 266 g/mol. The molecule has 0 radical (unpaired) electrons. The van der Waals surface area contributed by atoms with Crippen LogP contribution in [0.15, 0.2) is 48.5 Å². The van der Waals surface area contributed by atoms with Crippen LogP contribution in [-0.2, 0) is 17.9 Å². The van der Waals surface area contributed by atoms with Crippen LogP contribution in [0.2, 0.25) is 0 Å². The van der Waals surface area contributed by atoms with E-state index >= 15 is 0 Å². The summed E-state index contributed by atoms with van der Waals surface area (Å²) >= 11 is 0. The van der Waals surface area contributed by atoms with Crippen LogP contribution in [0.3, 0.4) is 0 Å². The molecule has 2 aromatic carbocycles. The average Bonchev–Trinajstić information content (AvgIpc) is 2.83. The standard InChI is InChI=1S/C17H18N2O/c1-13-6-2-5-9-16(13)18-17(20)12-19-10-14-7-3-4-8-15(14)11-19/h2-9H,10-12H2,1H3,(H,18,20). The van der Waals surface area contributed by atoms with Gasteiger partial charge >= 0.3 is 0 Å². The smallest absolute Gasteiger partial charge is 0.238 e. The molecule has 1 aliphatic heterocycles. The maximum Gasteiger partial charge on any atom is 0.238 e. The van der Waals surface area contributed by atoms with E-state index in [0.717, 1.165) is 24.3 Å². The van der Waals surface area contributed by atoms with Crippen molar-refractivity contribution in [3.8, 4) is 0 Å². The summed E-state index contributed by atoms with van der Waals surface area (Å²) in [6, 6.07) is 16.2. The minimum atomic E-state index is 0.0482. The van der Waals surface area contributed by atoms with E-state index in [1.54, 1.807) is 0 Å². The third-order valence-electron chi connectivity index (χ3n) is 3.69. The molecule has 1 N–H and O–H groups in total. The second-order valence-corrected chi connectivity index (χ2v) is 5.28. The van der Waals surface area contributed by atoms with Gasteiger partial charge in [-0.05, 0) is 29.7 Å². The molecule has 3 heteroatoms. The van der Waals surface area contributed by atoms with Gasteiger partial charge < -0.3 is 5.32 Å². The van der Waals surface area contributed by atoms with Gasteiger partial charge in [0.2, 0.25) is 5.91 Å². The molecule has 0 unspecified atom stereocenters. The number of carbonyl (C=O) groups is 1. The van der Waals surface area contributed by atoms with Crippen LogP contribution < -0.4 is 5.32 Å². The van der Waals surface area contributed by atoms with E-state index in [9.17, 15) is 4.79 Å². The summed E-state index contributed by atoms with van der Waals surface area (Å²) in [4.78, 5) is 14.3. The lowest BCUT2D eigenvalue weighted by Gasteiger charge is -2.15. The highest BCUT2D eigenvalue weighted by molar-refractivity contribution is 5.92. The van der Waals surface area contributed by atoms with Crippen LogP contribution in [0.1, 0.15) is 16.7 Å². The normalized spacial score (nSPS) is 14.1. The van der Waals surface area contributed by atoms with Crippen LogP contribution in [0.4, 0.5) is 5.69 Å². The Morgan fingerprint density at radius 3 is 2.30 bits per heavy atom. The second kappa shape index (κ2) is 5.47. The van der Waals surface area contributed by atoms with E-state index in [0.29, 0.717) is 6.54 Å². The molecular weight excluding hydrogens is 248 g/mol. The first-order valence-corrected chi connectivity index (χ1v) is 6.87. The highest BCUT2D eigenvalue weighted by Crippen LogP contribution is 2.22. The summed E-state index contributed by atoms with van der Waals surface area (Å²) in [6.07, 6.45) is 0. The zero-order valence-electron chi connectivity index (χ0n) is 11.6. The highest BCUT2D eigenvalue weighted by Gasteiger charge is 2.20. The molecule has 1 heterocycles. The molecule has 102 valence electrons. The fraction of sp³-hybridized carbons (Fsp3) is 0.235. The van der Waals surface area contributed by atoms with Gasteiger partial charge in [0.15, 0.2) is 0 Å². The molecular formula is C17H18N2O. The van der Waals surface area contributed by atoms with Gasteiger partial charge in [-0.15, -0.1) is 0 Å². The Hall–Kier alpha value is -2.13. The van der Waals surface area contributed by atoms with Crippen molar-refractivity contribution in [2.75, 3.05) is 11.9 Å².